The van der Waals surface area contributed by atoms with Gasteiger partial charge in [-0.15, -0.1) is 0 Å². The van der Waals surface area contributed by atoms with Crippen LogP contribution in [0, 0.1) is 5.92 Å². The quantitative estimate of drug-likeness (QED) is 0.844. The van der Waals surface area contributed by atoms with Crippen molar-refractivity contribution in [1.82, 2.24) is 9.80 Å². The Labute approximate surface area is 118 Å². The largest absolute Gasteiger partial charge is 0.393 e. The normalized spacial score (nSPS) is 38.1. The van der Waals surface area contributed by atoms with Gasteiger partial charge in [-0.3, -0.25) is 4.90 Å². The van der Waals surface area contributed by atoms with E-state index in [0.717, 1.165) is 12.5 Å². The van der Waals surface area contributed by atoms with Gasteiger partial charge < -0.3 is 10.0 Å². The Hall–Kier alpha value is -0.120. The molecule has 0 bridgehead atoms. The third kappa shape index (κ3) is 3.50. The monoisotopic (exact) mass is 266 g/mol. The highest BCUT2D eigenvalue weighted by Crippen LogP contribution is 2.29. The van der Waals surface area contributed by atoms with Crippen LogP contribution >= 0.6 is 0 Å². The molecule has 2 saturated heterocycles. The molecule has 3 aliphatic rings. The van der Waals surface area contributed by atoms with Crippen LogP contribution in [0.4, 0.5) is 0 Å². The zero-order chi connectivity index (χ0) is 13.1. The zero-order valence-electron chi connectivity index (χ0n) is 12.3. The molecule has 3 atom stereocenters. The van der Waals surface area contributed by atoms with Crippen molar-refractivity contribution in [2.75, 3.05) is 32.7 Å². The first-order valence-electron chi connectivity index (χ1n) is 8.47. The number of hydrogen-bond donors (Lipinski definition) is 1. The van der Waals surface area contributed by atoms with Crippen LogP contribution in [0.2, 0.25) is 0 Å². The highest BCUT2D eigenvalue weighted by Gasteiger charge is 2.30. The summed E-state index contributed by atoms with van der Waals surface area (Å²) in [6.07, 6.45) is 10.4. The first-order valence-corrected chi connectivity index (χ1v) is 8.47. The molecule has 19 heavy (non-hydrogen) atoms. The van der Waals surface area contributed by atoms with Crippen molar-refractivity contribution in [3.8, 4) is 0 Å². The fraction of sp³-hybridized carbons (Fsp3) is 1.00. The van der Waals surface area contributed by atoms with Gasteiger partial charge in [-0.05, 0) is 70.6 Å². The molecule has 0 amide bonds. The van der Waals surface area contributed by atoms with Crippen molar-refractivity contribution in [1.29, 1.82) is 0 Å². The minimum absolute atomic E-state index is 0.000458. The standard InChI is InChI=1S/C16H30N2O/c19-16-6-4-5-14(16)7-11-17-12-8-15(13-17)18-9-2-1-3-10-18/h14-16,19H,1-13H2. The van der Waals surface area contributed by atoms with E-state index in [-0.39, 0.29) is 6.10 Å². The molecular formula is C16H30N2O. The molecule has 3 unspecified atom stereocenters. The molecule has 3 rings (SSSR count). The Bertz CT molecular complexity index is 278. The maximum Gasteiger partial charge on any atom is 0.0568 e. The van der Waals surface area contributed by atoms with Crippen LogP contribution in [0.25, 0.3) is 0 Å². The molecule has 3 nitrogen and oxygen atoms in total. The van der Waals surface area contributed by atoms with Crippen molar-refractivity contribution < 1.29 is 5.11 Å². The topological polar surface area (TPSA) is 26.7 Å². The van der Waals surface area contributed by atoms with Gasteiger partial charge in [0.25, 0.3) is 0 Å². The van der Waals surface area contributed by atoms with Gasteiger partial charge in [0.15, 0.2) is 0 Å². The third-order valence-electron chi connectivity index (χ3n) is 5.59. The maximum absolute atomic E-state index is 9.89. The van der Waals surface area contributed by atoms with Crippen LogP contribution in [0.3, 0.4) is 0 Å². The number of piperidine rings is 1. The van der Waals surface area contributed by atoms with Crippen molar-refractivity contribution in [2.45, 2.75) is 63.5 Å². The van der Waals surface area contributed by atoms with E-state index in [1.54, 1.807) is 0 Å². The number of nitrogens with zero attached hydrogens (tertiary/aromatic N) is 2. The van der Waals surface area contributed by atoms with Crippen LogP contribution in [0.15, 0.2) is 0 Å². The number of aliphatic hydroxyl groups is 1. The van der Waals surface area contributed by atoms with Crippen molar-refractivity contribution in [3.05, 3.63) is 0 Å². The number of hydrogen-bond acceptors (Lipinski definition) is 3. The minimum atomic E-state index is 0.000458. The summed E-state index contributed by atoms with van der Waals surface area (Å²) in [5, 5.41) is 9.89. The van der Waals surface area contributed by atoms with Gasteiger partial charge in [-0.25, -0.2) is 0 Å². The first kappa shape index (κ1) is 13.8. The smallest absolute Gasteiger partial charge is 0.0568 e. The Balaban J connectivity index is 1.39. The summed E-state index contributed by atoms with van der Waals surface area (Å²) in [5.74, 6) is 0.592. The number of rotatable bonds is 4. The predicted molar refractivity (Wildman–Crippen MR) is 78.2 cm³/mol. The van der Waals surface area contributed by atoms with E-state index in [4.69, 9.17) is 0 Å². The average Bonchev–Trinajstić information content (AvgIpc) is 3.06. The van der Waals surface area contributed by atoms with Gasteiger partial charge in [-0.1, -0.05) is 12.8 Å². The summed E-state index contributed by atoms with van der Waals surface area (Å²) in [6, 6.07) is 0.828. The van der Waals surface area contributed by atoms with E-state index in [1.165, 1.54) is 77.7 Å². The molecule has 1 saturated carbocycles. The number of aliphatic hydroxyl groups excluding tert-OH is 1. The second-order valence-electron chi connectivity index (χ2n) is 6.89. The summed E-state index contributed by atoms with van der Waals surface area (Å²) in [5.41, 5.74) is 0. The fourth-order valence-electron chi connectivity index (χ4n) is 4.30. The first-order chi connectivity index (χ1) is 9.33. The van der Waals surface area contributed by atoms with Gasteiger partial charge >= 0.3 is 0 Å². The molecule has 1 aliphatic carbocycles. The molecule has 1 N–H and O–H groups in total. The Morgan fingerprint density at radius 3 is 2.47 bits per heavy atom. The van der Waals surface area contributed by atoms with Crippen LogP contribution in [-0.2, 0) is 0 Å². The lowest BCUT2D eigenvalue weighted by atomic mass is 10.0. The lowest BCUT2D eigenvalue weighted by Crippen LogP contribution is -2.41. The summed E-state index contributed by atoms with van der Waals surface area (Å²) >= 11 is 0. The molecule has 2 heterocycles. The van der Waals surface area contributed by atoms with Crippen LogP contribution in [0.1, 0.15) is 51.4 Å². The molecule has 0 aromatic rings. The van der Waals surface area contributed by atoms with Gasteiger partial charge in [0.1, 0.15) is 0 Å². The molecule has 0 aromatic carbocycles. The summed E-state index contributed by atoms with van der Waals surface area (Å²) in [6.45, 7) is 6.44. The van der Waals surface area contributed by atoms with Crippen molar-refractivity contribution in [3.63, 3.8) is 0 Å². The van der Waals surface area contributed by atoms with Crippen molar-refractivity contribution >= 4 is 0 Å². The maximum atomic E-state index is 9.89. The average molecular weight is 266 g/mol. The molecule has 0 spiro atoms. The van der Waals surface area contributed by atoms with E-state index in [1.807, 2.05) is 0 Å². The van der Waals surface area contributed by atoms with E-state index in [0.29, 0.717) is 5.92 Å². The van der Waals surface area contributed by atoms with Crippen LogP contribution < -0.4 is 0 Å². The molecule has 3 fully saturated rings. The molecule has 2 aliphatic heterocycles. The Kier molecular flexibility index (Phi) is 4.78. The fourth-order valence-corrected chi connectivity index (χ4v) is 4.30. The predicted octanol–water partition coefficient (Wildman–Crippen LogP) is 2.10. The van der Waals surface area contributed by atoms with E-state index in [9.17, 15) is 5.11 Å². The van der Waals surface area contributed by atoms with Gasteiger partial charge in [0, 0.05) is 12.6 Å². The summed E-state index contributed by atoms with van der Waals surface area (Å²) in [4.78, 5) is 5.37. The highest BCUT2D eigenvalue weighted by atomic mass is 16.3. The van der Waals surface area contributed by atoms with Crippen molar-refractivity contribution in [2.24, 2.45) is 5.92 Å². The Morgan fingerprint density at radius 1 is 0.895 bits per heavy atom. The molecule has 3 heteroatoms. The molecule has 110 valence electrons. The zero-order valence-corrected chi connectivity index (χ0v) is 12.3. The van der Waals surface area contributed by atoms with E-state index < -0.39 is 0 Å². The molecule has 0 aromatic heterocycles. The summed E-state index contributed by atoms with van der Waals surface area (Å²) in [7, 11) is 0. The second-order valence-corrected chi connectivity index (χ2v) is 6.89. The van der Waals surface area contributed by atoms with Crippen LogP contribution in [0.5, 0.6) is 0 Å². The lowest BCUT2D eigenvalue weighted by Gasteiger charge is -2.32. The number of likely N-dealkylation sites (tertiary alicyclic amines) is 2. The summed E-state index contributed by atoms with van der Waals surface area (Å²) < 4.78 is 0. The molecular weight excluding hydrogens is 236 g/mol. The lowest BCUT2D eigenvalue weighted by molar-refractivity contribution is 0.118. The third-order valence-corrected chi connectivity index (χ3v) is 5.59. The SMILES string of the molecule is OC1CCCC1CCN1CCC(N2CCCCC2)C1. The second kappa shape index (κ2) is 6.55. The van der Waals surface area contributed by atoms with Gasteiger partial charge in [0.05, 0.1) is 6.10 Å². The van der Waals surface area contributed by atoms with E-state index >= 15 is 0 Å². The Morgan fingerprint density at radius 2 is 1.74 bits per heavy atom. The van der Waals surface area contributed by atoms with Crippen LogP contribution in [-0.4, -0.2) is 59.8 Å². The van der Waals surface area contributed by atoms with E-state index in [2.05, 4.69) is 9.80 Å². The van der Waals surface area contributed by atoms with Gasteiger partial charge in [0.2, 0.25) is 0 Å². The van der Waals surface area contributed by atoms with Gasteiger partial charge in [-0.2, -0.15) is 0 Å². The molecule has 0 radical (unpaired) electrons. The highest BCUT2D eigenvalue weighted by molar-refractivity contribution is 4.86. The minimum Gasteiger partial charge on any atom is -0.393 e.